The molecule has 1 fully saturated rings. The molecule has 1 aromatic carbocycles. The van der Waals surface area contributed by atoms with Gasteiger partial charge >= 0.3 is 121 Å². The van der Waals surface area contributed by atoms with Crippen molar-refractivity contribution in [1.82, 2.24) is 9.55 Å². The topological polar surface area (TPSA) is 64.1 Å². The van der Waals surface area contributed by atoms with Crippen LogP contribution in [-0.4, -0.2) is 31.1 Å². The van der Waals surface area contributed by atoms with Crippen LogP contribution >= 0.6 is 0 Å². The van der Waals surface area contributed by atoms with Crippen LogP contribution in [0.4, 0.5) is 0 Å². The van der Waals surface area contributed by atoms with Crippen LogP contribution in [0.3, 0.4) is 0 Å². The zero-order chi connectivity index (χ0) is 13.9. The van der Waals surface area contributed by atoms with Gasteiger partial charge in [0, 0.05) is 0 Å². The van der Waals surface area contributed by atoms with Gasteiger partial charge in [0.15, 0.2) is 0 Å². The molecule has 1 N–H and O–H groups in total. The Bertz CT molecular complexity index is 695. The summed E-state index contributed by atoms with van der Waals surface area (Å²) >= 11 is 0.234. The number of hydrogen-bond acceptors (Lipinski definition) is 3. The van der Waals surface area contributed by atoms with Gasteiger partial charge in [-0.1, -0.05) is 0 Å². The van der Waals surface area contributed by atoms with E-state index in [4.69, 9.17) is 4.74 Å². The molecule has 0 amide bonds. The number of aromatic amines is 1. The molecule has 6 heteroatoms. The van der Waals surface area contributed by atoms with Crippen molar-refractivity contribution >= 4 is 19.4 Å². The molecule has 0 aliphatic carbocycles. The Morgan fingerprint density at radius 2 is 2.00 bits per heavy atom. The minimum absolute atomic E-state index is 0.234. The molecule has 0 radical (unpaired) electrons. The van der Waals surface area contributed by atoms with Crippen LogP contribution in [0, 0.1) is 0 Å². The fourth-order valence-electron chi connectivity index (χ4n) is 2.23. The van der Waals surface area contributed by atoms with Crippen molar-refractivity contribution in [3.05, 3.63) is 63.4 Å². The Labute approximate surface area is 121 Å². The Morgan fingerprint density at radius 3 is 2.75 bits per heavy atom. The van der Waals surface area contributed by atoms with E-state index in [-0.39, 0.29) is 26.7 Å². The van der Waals surface area contributed by atoms with Gasteiger partial charge in [-0.2, -0.15) is 0 Å². The van der Waals surface area contributed by atoms with Crippen molar-refractivity contribution in [2.75, 3.05) is 6.61 Å². The summed E-state index contributed by atoms with van der Waals surface area (Å²) < 4.78 is 8.48. The van der Waals surface area contributed by atoms with E-state index in [1.54, 1.807) is 0 Å². The summed E-state index contributed by atoms with van der Waals surface area (Å²) in [7, 11) is 0. The van der Waals surface area contributed by atoms with E-state index in [9.17, 15) is 9.59 Å². The van der Waals surface area contributed by atoms with Crippen molar-refractivity contribution in [1.29, 1.82) is 0 Å². The van der Waals surface area contributed by atoms with Gasteiger partial charge in [0.2, 0.25) is 0 Å². The first-order chi connectivity index (χ1) is 9.74. The molecule has 104 valence electrons. The van der Waals surface area contributed by atoms with Gasteiger partial charge in [0.25, 0.3) is 0 Å². The van der Waals surface area contributed by atoms with Crippen molar-refractivity contribution in [3.63, 3.8) is 0 Å². The van der Waals surface area contributed by atoms with Gasteiger partial charge < -0.3 is 0 Å². The molecule has 1 aliphatic rings. The van der Waals surface area contributed by atoms with Crippen LogP contribution < -0.4 is 15.7 Å². The molecule has 1 saturated heterocycles. The standard InChI is InChI=1S/C14H14N2O3Se/c17-12-6-8-16(14(18)15-12)13-11(7-9-19-13)20-10-4-2-1-3-5-10/h1-6,8,11,13H,7,9H2,(H,15,17,18)/t11-,13-/m0/s1. The van der Waals surface area contributed by atoms with Crippen LogP contribution in [0.15, 0.2) is 52.2 Å². The van der Waals surface area contributed by atoms with E-state index in [0.29, 0.717) is 11.4 Å². The van der Waals surface area contributed by atoms with Gasteiger partial charge in [-0.25, -0.2) is 0 Å². The number of rotatable bonds is 3. The molecular formula is C14H14N2O3Se. The summed E-state index contributed by atoms with van der Waals surface area (Å²) in [6.45, 7) is 0.648. The van der Waals surface area contributed by atoms with Gasteiger partial charge in [0.05, 0.1) is 0 Å². The van der Waals surface area contributed by atoms with Crippen molar-refractivity contribution in [2.45, 2.75) is 17.5 Å². The maximum absolute atomic E-state index is 11.9. The van der Waals surface area contributed by atoms with E-state index >= 15 is 0 Å². The fourth-order valence-corrected chi connectivity index (χ4v) is 4.76. The quantitative estimate of drug-likeness (QED) is 0.818. The molecule has 2 heterocycles. The number of ether oxygens (including phenoxy) is 1. The van der Waals surface area contributed by atoms with E-state index < -0.39 is 5.69 Å². The molecule has 1 aromatic heterocycles. The van der Waals surface area contributed by atoms with Crippen molar-refractivity contribution in [3.8, 4) is 0 Å². The molecule has 0 bridgehead atoms. The van der Waals surface area contributed by atoms with E-state index in [2.05, 4.69) is 17.1 Å². The number of hydrogen-bond donors (Lipinski definition) is 1. The monoisotopic (exact) mass is 338 g/mol. The SMILES string of the molecule is O=c1ccn([C@H]2OCC[C@@H]2[Se]c2ccccc2)c(=O)[nH]1. The number of benzene rings is 1. The third-order valence-corrected chi connectivity index (χ3v) is 5.93. The zero-order valence-electron chi connectivity index (χ0n) is 10.7. The van der Waals surface area contributed by atoms with Gasteiger partial charge in [-0.05, 0) is 0 Å². The third kappa shape index (κ3) is 2.77. The summed E-state index contributed by atoms with van der Waals surface area (Å²) in [6, 6.07) is 11.6. The van der Waals surface area contributed by atoms with Gasteiger partial charge in [0.1, 0.15) is 0 Å². The van der Waals surface area contributed by atoms with Crippen LogP contribution in [0.1, 0.15) is 12.6 Å². The second-order valence-electron chi connectivity index (χ2n) is 4.54. The average molecular weight is 337 g/mol. The molecule has 20 heavy (non-hydrogen) atoms. The van der Waals surface area contributed by atoms with E-state index in [0.717, 1.165) is 6.42 Å². The predicted octanol–water partition coefficient (Wildman–Crippen LogP) is 0.274. The molecule has 0 saturated carbocycles. The predicted molar refractivity (Wildman–Crippen MR) is 76.5 cm³/mol. The molecule has 5 nitrogen and oxygen atoms in total. The van der Waals surface area contributed by atoms with Crippen LogP contribution in [0.25, 0.3) is 0 Å². The maximum atomic E-state index is 11.9. The summed E-state index contributed by atoms with van der Waals surface area (Å²) in [4.78, 5) is 25.6. The average Bonchev–Trinajstić information content (AvgIpc) is 2.88. The molecule has 2 aromatic rings. The molecule has 0 spiro atoms. The molecular weight excluding hydrogens is 323 g/mol. The summed E-state index contributed by atoms with van der Waals surface area (Å²) in [5.41, 5.74) is -0.785. The molecule has 0 unspecified atom stereocenters. The first kappa shape index (κ1) is 13.4. The number of nitrogens with one attached hydrogen (secondary N) is 1. The minimum atomic E-state index is -0.404. The fraction of sp³-hybridized carbons (Fsp3) is 0.286. The van der Waals surface area contributed by atoms with Crippen LogP contribution in [-0.2, 0) is 4.74 Å². The van der Waals surface area contributed by atoms with E-state index in [1.807, 2.05) is 18.2 Å². The van der Waals surface area contributed by atoms with Gasteiger partial charge in [-0.3, -0.25) is 0 Å². The van der Waals surface area contributed by atoms with Crippen LogP contribution in [0.2, 0.25) is 4.82 Å². The van der Waals surface area contributed by atoms with Crippen LogP contribution in [0.5, 0.6) is 0 Å². The van der Waals surface area contributed by atoms with Crippen molar-refractivity contribution < 1.29 is 4.74 Å². The molecule has 1 aliphatic heterocycles. The molecule has 2 atom stereocenters. The first-order valence-corrected chi connectivity index (χ1v) is 8.23. The second kappa shape index (κ2) is 5.79. The summed E-state index contributed by atoms with van der Waals surface area (Å²) in [6.07, 6.45) is 2.18. The van der Waals surface area contributed by atoms with Gasteiger partial charge in [-0.15, -0.1) is 0 Å². The summed E-state index contributed by atoms with van der Waals surface area (Å²) in [5, 5.41) is 0. The zero-order valence-corrected chi connectivity index (χ0v) is 12.4. The molecule has 3 rings (SSSR count). The Balaban J connectivity index is 1.85. The van der Waals surface area contributed by atoms with Crippen molar-refractivity contribution in [2.24, 2.45) is 0 Å². The first-order valence-electron chi connectivity index (χ1n) is 6.39. The Morgan fingerprint density at radius 1 is 1.20 bits per heavy atom. The normalized spacial score (nSPS) is 22.0. The number of H-pyrrole nitrogens is 1. The Hall–Kier alpha value is -1.62. The Kier molecular flexibility index (Phi) is 3.87. The van der Waals surface area contributed by atoms with E-state index in [1.165, 1.54) is 21.3 Å². The third-order valence-electron chi connectivity index (χ3n) is 3.17. The summed E-state index contributed by atoms with van der Waals surface area (Å²) in [5.74, 6) is 0. The number of aromatic nitrogens is 2. The number of nitrogens with zero attached hydrogens (tertiary/aromatic N) is 1. The second-order valence-corrected chi connectivity index (χ2v) is 7.29.